The van der Waals surface area contributed by atoms with Crippen molar-refractivity contribution in [2.24, 2.45) is 5.84 Å². The molecular formula is C7H9ClN2O. The topological polar surface area (TPSA) is 58.3 Å². The van der Waals surface area contributed by atoms with E-state index in [1.54, 1.807) is 18.2 Å². The molecule has 1 aromatic rings. The average molecular weight is 173 g/mol. The van der Waals surface area contributed by atoms with Gasteiger partial charge in [-0.15, -0.1) is 11.6 Å². The first kappa shape index (κ1) is 8.17. The zero-order valence-electron chi connectivity index (χ0n) is 5.84. The SMILES string of the molecule is NNc1cc(CCl)ccc1O. The van der Waals surface area contributed by atoms with Crippen LogP contribution in [0.15, 0.2) is 18.2 Å². The van der Waals surface area contributed by atoms with Crippen LogP contribution in [0.1, 0.15) is 5.56 Å². The fraction of sp³-hybridized carbons (Fsp3) is 0.143. The number of phenols is 1. The van der Waals surface area contributed by atoms with E-state index in [0.717, 1.165) is 5.56 Å². The lowest BCUT2D eigenvalue weighted by Gasteiger charge is -2.03. The van der Waals surface area contributed by atoms with Gasteiger partial charge in [0.15, 0.2) is 0 Å². The molecule has 0 saturated heterocycles. The summed E-state index contributed by atoms with van der Waals surface area (Å²) in [4.78, 5) is 0. The highest BCUT2D eigenvalue weighted by molar-refractivity contribution is 6.17. The summed E-state index contributed by atoms with van der Waals surface area (Å²) in [5.74, 6) is 5.66. The van der Waals surface area contributed by atoms with Crippen molar-refractivity contribution in [2.75, 3.05) is 5.43 Å². The Kier molecular flexibility index (Phi) is 2.57. The van der Waals surface area contributed by atoms with Crippen molar-refractivity contribution in [1.82, 2.24) is 0 Å². The minimum atomic E-state index is 0.126. The van der Waals surface area contributed by atoms with Gasteiger partial charge >= 0.3 is 0 Å². The Morgan fingerprint density at radius 2 is 2.27 bits per heavy atom. The number of aromatic hydroxyl groups is 1. The number of nitrogens with two attached hydrogens (primary N) is 1. The molecule has 3 nitrogen and oxygen atoms in total. The van der Waals surface area contributed by atoms with Crippen LogP contribution < -0.4 is 11.3 Å². The molecule has 0 heterocycles. The highest BCUT2D eigenvalue weighted by Crippen LogP contribution is 2.23. The average Bonchev–Trinajstić information content (AvgIpc) is 2.05. The Balaban J connectivity index is 3.02. The Morgan fingerprint density at radius 3 is 2.82 bits per heavy atom. The van der Waals surface area contributed by atoms with Crippen LogP contribution in [0.4, 0.5) is 5.69 Å². The molecule has 0 spiro atoms. The van der Waals surface area contributed by atoms with Crippen molar-refractivity contribution in [2.45, 2.75) is 5.88 Å². The molecule has 0 aliphatic carbocycles. The lowest BCUT2D eigenvalue weighted by atomic mass is 10.2. The van der Waals surface area contributed by atoms with Gasteiger partial charge in [0.25, 0.3) is 0 Å². The van der Waals surface area contributed by atoms with E-state index in [-0.39, 0.29) is 5.75 Å². The number of rotatable bonds is 2. The quantitative estimate of drug-likeness (QED) is 0.274. The standard InChI is InChI=1S/C7H9ClN2O/c8-4-5-1-2-7(11)6(3-5)10-9/h1-3,10-11H,4,9H2. The van der Waals surface area contributed by atoms with Crippen LogP contribution in [0.5, 0.6) is 5.75 Å². The summed E-state index contributed by atoms with van der Waals surface area (Å²) in [6.45, 7) is 0. The number of alkyl halides is 1. The zero-order chi connectivity index (χ0) is 8.27. The lowest BCUT2D eigenvalue weighted by Crippen LogP contribution is -2.06. The molecule has 0 unspecified atom stereocenters. The third-order valence-corrected chi connectivity index (χ3v) is 1.68. The molecule has 4 heteroatoms. The third kappa shape index (κ3) is 1.76. The summed E-state index contributed by atoms with van der Waals surface area (Å²) in [6.07, 6.45) is 0. The van der Waals surface area contributed by atoms with Gasteiger partial charge in [0, 0.05) is 5.88 Å². The number of hydrazine groups is 1. The molecule has 0 fully saturated rings. The number of anilines is 1. The van der Waals surface area contributed by atoms with Gasteiger partial charge in [0.1, 0.15) is 5.75 Å². The minimum absolute atomic E-state index is 0.126. The highest BCUT2D eigenvalue weighted by Gasteiger charge is 1.98. The molecule has 4 N–H and O–H groups in total. The molecule has 0 bridgehead atoms. The van der Waals surface area contributed by atoms with E-state index in [2.05, 4.69) is 5.43 Å². The van der Waals surface area contributed by atoms with Gasteiger partial charge in [0.05, 0.1) is 5.69 Å². The first-order valence-corrected chi connectivity index (χ1v) is 3.66. The van der Waals surface area contributed by atoms with Gasteiger partial charge < -0.3 is 10.5 Å². The van der Waals surface area contributed by atoms with E-state index < -0.39 is 0 Å². The second-order valence-electron chi connectivity index (χ2n) is 2.13. The first-order chi connectivity index (χ1) is 5.27. The number of hydrogen-bond donors (Lipinski definition) is 3. The van der Waals surface area contributed by atoms with Crippen LogP contribution >= 0.6 is 11.6 Å². The second kappa shape index (κ2) is 3.46. The third-order valence-electron chi connectivity index (χ3n) is 1.37. The summed E-state index contributed by atoms with van der Waals surface area (Å²) in [7, 11) is 0. The Hall–Kier alpha value is -0.930. The largest absolute Gasteiger partial charge is 0.506 e. The van der Waals surface area contributed by atoms with Crippen LogP contribution in [0.2, 0.25) is 0 Å². The molecule has 11 heavy (non-hydrogen) atoms. The number of halogens is 1. The number of nitrogens with one attached hydrogen (secondary N) is 1. The number of nitrogen functional groups attached to an aromatic ring is 1. The maximum absolute atomic E-state index is 9.14. The Bertz CT molecular complexity index is 252. The summed E-state index contributed by atoms with van der Waals surface area (Å²) in [5, 5.41) is 9.14. The molecule has 0 aromatic heterocycles. The minimum Gasteiger partial charge on any atom is -0.506 e. The van der Waals surface area contributed by atoms with Crippen LogP contribution in [0, 0.1) is 0 Å². The van der Waals surface area contributed by atoms with E-state index in [1.807, 2.05) is 0 Å². The van der Waals surface area contributed by atoms with Gasteiger partial charge in [-0.2, -0.15) is 0 Å². The van der Waals surface area contributed by atoms with E-state index in [9.17, 15) is 0 Å². The maximum Gasteiger partial charge on any atom is 0.140 e. The Morgan fingerprint density at radius 1 is 1.55 bits per heavy atom. The number of phenolic OH excluding ortho intramolecular Hbond substituents is 1. The summed E-state index contributed by atoms with van der Waals surface area (Å²) >= 11 is 5.56. The van der Waals surface area contributed by atoms with E-state index in [1.165, 1.54) is 0 Å². The molecule has 0 radical (unpaired) electrons. The van der Waals surface area contributed by atoms with Gasteiger partial charge in [-0.05, 0) is 17.7 Å². The smallest absolute Gasteiger partial charge is 0.140 e. The van der Waals surface area contributed by atoms with E-state index in [4.69, 9.17) is 22.6 Å². The van der Waals surface area contributed by atoms with Crippen molar-refractivity contribution in [1.29, 1.82) is 0 Å². The van der Waals surface area contributed by atoms with Crippen molar-refractivity contribution >= 4 is 17.3 Å². The molecule has 1 aromatic carbocycles. The molecule has 60 valence electrons. The van der Waals surface area contributed by atoms with Crippen LogP contribution in [-0.2, 0) is 5.88 Å². The van der Waals surface area contributed by atoms with Crippen molar-refractivity contribution < 1.29 is 5.11 Å². The molecule has 0 aliphatic heterocycles. The molecule has 1 rings (SSSR count). The normalized spacial score (nSPS) is 9.64. The second-order valence-corrected chi connectivity index (χ2v) is 2.40. The predicted octanol–water partition coefficient (Wildman–Crippen LogP) is 1.42. The van der Waals surface area contributed by atoms with Crippen molar-refractivity contribution in [3.63, 3.8) is 0 Å². The highest BCUT2D eigenvalue weighted by atomic mass is 35.5. The summed E-state index contributed by atoms with van der Waals surface area (Å²) in [6, 6.07) is 4.98. The monoisotopic (exact) mass is 172 g/mol. The van der Waals surface area contributed by atoms with Crippen LogP contribution in [0.3, 0.4) is 0 Å². The molecule has 0 aliphatic rings. The van der Waals surface area contributed by atoms with E-state index >= 15 is 0 Å². The molecular weight excluding hydrogens is 164 g/mol. The zero-order valence-corrected chi connectivity index (χ0v) is 6.60. The lowest BCUT2D eigenvalue weighted by molar-refractivity contribution is 0.477. The number of benzene rings is 1. The fourth-order valence-electron chi connectivity index (χ4n) is 0.782. The maximum atomic E-state index is 9.14. The van der Waals surface area contributed by atoms with Gasteiger partial charge in [-0.25, -0.2) is 0 Å². The van der Waals surface area contributed by atoms with Gasteiger partial charge in [0.2, 0.25) is 0 Å². The first-order valence-electron chi connectivity index (χ1n) is 3.12. The molecule has 0 amide bonds. The Labute approximate surface area is 69.8 Å². The van der Waals surface area contributed by atoms with Crippen molar-refractivity contribution in [3.8, 4) is 5.75 Å². The summed E-state index contributed by atoms with van der Waals surface area (Å²) in [5.41, 5.74) is 3.76. The van der Waals surface area contributed by atoms with Gasteiger partial charge in [-0.3, -0.25) is 5.84 Å². The predicted molar refractivity (Wildman–Crippen MR) is 45.5 cm³/mol. The van der Waals surface area contributed by atoms with Crippen LogP contribution in [0.25, 0.3) is 0 Å². The van der Waals surface area contributed by atoms with Crippen LogP contribution in [-0.4, -0.2) is 5.11 Å². The van der Waals surface area contributed by atoms with E-state index in [0.29, 0.717) is 11.6 Å². The molecule has 0 atom stereocenters. The molecule has 0 saturated carbocycles. The van der Waals surface area contributed by atoms with Crippen molar-refractivity contribution in [3.05, 3.63) is 23.8 Å². The summed E-state index contributed by atoms with van der Waals surface area (Å²) < 4.78 is 0. The number of hydrogen-bond acceptors (Lipinski definition) is 3. The fourth-order valence-corrected chi connectivity index (χ4v) is 0.948. The van der Waals surface area contributed by atoms with Gasteiger partial charge in [-0.1, -0.05) is 6.07 Å².